The molecule has 5 nitrogen and oxygen atoms in total. The summed E-state index contributed by atoms with van der Waals surface area (Å²) in [6.07, 6.45) is 7.49. The summed E-state index contributed by atoms with van der Waals surface area (Å²) in [5, 5.41) is 10.7. The van der Waals surface area contributed by atoms with Crippen molar-refractivity contribution in [1.82, 2.24) is 9.80 Å². The number of ether oxygens (including phenoxy) is 1. The Labute approximate surface area is 195 Å². The Bertz CT molecular complexity index is 1160. The third-order valence-corrected chi connectivity index (χ3v) is 8.87. The van der Waals surface area contributed by atoms with Crippen molar-refractivity contribution in [1.29, 1.82) is 0 Å². The van der Waals surface area contributed by atoms with Gasteiger partial charge in [0.15, 0.2) is 11.5 Å². The lowest BCUT2D eigenvalue weighted by molar-refractivity contribution is -0.134. The second-order valence-electron chi connectivity index (χ2n) is 10.5. The lowest BCUT2D eigenvalue weighted by Crippen LogP contribution is -2.68. The van der Waals surface area contributed by atoms with Gasteiger partial charge in [-0.05, 0) is 75.4 Å². The van der Waals surface area contributed by atoms with E-state index in [-0.39, 0.29) is 29.2 Å². The van der Waals surface area contributed by atoms with Crippen molar-refractivity contribution >= 4 is 12.0 Å². The first-order valence-corrected chi connectivity index (χ1v) is 12.1. The van der Waals surface area contributed by atoms with Crippen LogP contribution in [0.25, 0.3) is 6.08 Å². The molecule has 1 amide bonds. The van der Waals surface area contributed by atoms with Gasteiger partial charge in [0.2, 0.25) is 5.91 Å². The van der Waals surface area contributed by atoms with Crippen molar-refractivity contribution in [3.05, 3.63) is 64.7 Å². The van der Waals surface area contributed by atoms with Gasteiger partial charge in [0.25, 0.3) is 0 Å². The van der Waals surface area contributed by atoms with Crippen molar-refractivity contribution in [2.75, 3.05) is 20.6 Å². The van der Waals surface area contributed by atoms with Crippen LogP contribution in [0.2, 0.25) is 0 Å². The molecule has 2 heterocycles. The number of hydrogen-bond acceptors (Lipinski definition) is 4. The molecule has 33 heavy (non-hydrogen) atoms. The number of carbonyl (C=O) groups is 1. The van der Waals surface area contributed by atoms with Crippen LogP contribution in [0.15, 0.2) is 42.5 Å². The van der Waals surface area contributed by atoms with Crippen LogP contribution in [0.5, 0.6) is 11.5 Å². The Kier molecular flexibility index (Phi) is 4.64. The maximum atomic E-state index is 13.2. The SMILES string of the molecule is Cc1cccc(C=CC(=O)N(C)[C@@H]2CC[C@H]3[C@H]4Cc5ccc(O)c6c5[C@@]3(CCN4C)[C@H]2O6)c1. The molecule has 2 aromatic carbocycles. The summed E-state index contributed by atoms with van der Waals surface area (Å²) in [6, 6.07) is 12.5. The van der Waals surface area contributed by atoms with Crippen molar-refractivity contribution in [3.8, 4) is 11.5 Å². The number of benzene rings is 2. The molecule has 4 aliphatic rings. The van der Waals surface area contributed by atoms with E-state index in [2.05, 4.69) is 37.1 Å². The summed E-state index contributed by atoms with van der Waals surface area (Å²) in [5.74, 6) is 1.41. The van der Waals surface area contributed by atoms with Crippen LogP contribution in [-0.4, -0.2) is 59.6 Å². The molecule has 1 N–H and O–H groups in total. The van der Waals surface area contributed by atoms with Crippen molar-refractivity contribution in [2.45, 2.75) is 56.2 Å². The van der Waals surface area contributed by atoms with Gasteiger partial charge in [-0.1, -0.05) is 35.9 Å². The number of likely N-dealkylation sites (N-methyl/N-ethyl adjacent to an activating group) is 2. The number of amides is 1. The predicted molar refractivity (Wildman–Crippen MR) is 128 cm³/mol. The van der Waals surface area contributed by atoms with E-state index >= 15 is 0 Å². The highest BCUT2D eigenvalue weighted by Gasteiger charge is 2.66. The number of carbonyl (C=O) groups excluding carboxylic acids is 1. The zero-order chi connectivity index (χ0) is 22.9. The van der Waals surface area contributed by atoms with Gasteiger partial charge in [-0.2, -0.15) is 0 Å². The summed E-state index contributed by atoms with van der Waals surface area (Å²) in [4.78, 5) is 17.6. The summed E-state index contributed by atoms with van der Waals surface area (Å²) < 4.78 is 6.62. The standard InChI is InChI=1S/C28H32N2O3/c1-17-5-4-6-18(15-17)7-12-24(32)30(3)21-10-9-20-22-16-19-8-11-23(31)26-25(19)28(20,27(21)33-26)13-14-29(22)2/h4-8,11-12,15,20-22,27,31H,9-10,13-14,16H2,1-3H3/t20-,21+,22+,27-,28-/m0/s1. The highest BCUT2D eigenvalue weighted by molar-refractivity contribution is 5.92. The lowest BCUT2D eigenvalue weighted by Gasteiger charge is -2.59. The average molecular weight is 445 g/mol. The van der Waals surface area contributed by atoms with E-state index in [0.29, 0.717) is 17.7 Å². The number of aryl methyl sites for hydroxylation is 1. The van der Waals surface area contributed by atoms with E-state index in [4.69, 9.17) is 4.74 Å². The smallest absolute Gasteiger partial charge is 0.246 e. The van der Waals surface area contributed by atoms with Gasteiger partial charge in [0.1, 0.15) is 6.10 Å². The second kappa shape index (κ2) is 7.36. The molecule has 2 aliphatic carbocycles. The topological polar surface area (TPSA) is 53.0 Å². The number of rotatable bonds is 3. The first-order valence-electron chi connectivity index (χ1n) is 12.1. The fourth-order valence-corrected chi connectivity index (χ4v) is 7.33. The molecule has 1 saturated heterocycles. The highest BCUT2D eigenvalue weighted by Crippen LogP contribution is 2.64. The van der Waals surface area contributed by atoms with Gasteiger partial charge in [0.05, 0.1) is 6.04 Å². The summed E-state index contributed by atoms with van der Waals surface area (Å²) in [7, 11) is 4.15. The van der Waals surface area contributed by atoms with E-state index in [1.807, 2.05) is 30.2 Å². The van der Waals surface area contributed by atoms with Gasteiger partial charge in [0, 0.05) is 30.1 Å². The average Bonchev–Trinajstić information content (AvgIpc) is 3.16. The number of nitrogens with zero attached hydrogens (tertiary/aromatic N) is 2. The van der Waals surface area contributed by atoms with Crippen molar-refractivity contribution in [2.24, 2.45) is 5.92 Å². The second-order valence-corrected chi connectivity index (χ2v) is 10.5. The maximum Gasteiger partial charge on any atom is 0.246 e. The number of piperidine rings is 1. The number of likely N-dealkylation sites (tertiary alicyclic amines) is 1. The third-order valence-electron chi connectivity index (χ3n) is 8.87. The van der Waals surface area contributed by atoms with E-state index in [0.717, 1.165) is 37.8 Å². The van der Waals surface area contributed by atoms with Crippen molar-refractivity contribution in [3.63, 3.8) is 0 Å². The Morgan fingerprint density at radius 1 is 1.27 bits per heavy atom. The van der Waals surface area contributed by atoms with Gasteiger partial charge in [-0.25, -0.2) is 0 Å². The van der Waals surface area contributed by atoms with Crippen LogP contribution in [0, 0.1) is 12.8 Å². The number of phenols is 1. The molecule has 1 spiro atoms. The van der Waals surface area contributed by atoms with Crippen molar-refractivity contribution < 1.29 is 14.6 Å². The van der Waals surface area contributed by atoms with Crippen LogP contribution in [0.4, 0.5) is 0 Å². The quantitative estimate of drug-likeness (QED) is 0.730. The highest BCUT2D eigenvalue weighted by atomic mass is 16.5. The first-order chi connectivity index (χ1) is 15.9. The minimum absolute atomic E-state index is 0.000597. The Morgan fingerprint density at radius 2 is 2.12 bits per heavy atom. The molecule has 2 aromatic rings. The molecule has 2 fully saturated rings. The molecule has 0 radical (unpaired) electrons. The molecular formula is C28H32N2O3. The molecule has 0 aromatic heterocycles. The first kappa shape index (κ1) is 20.8. The summed E-state index contributed by atoms with van der Waals surface area (Å²) in [5.41, 5.74) is 4.65. The minimum atomic E-state index is -0.115. The summed E-state index contributed by atoms with van der Waals surface area (Å²) >= 11 is 0. The summed E-state index contributed by atoms with van der Waals surface area (Å²) in [6.45, 7) is 3.08. The molecule has 2 aliphatic heterocycles. The molecule has 1 saturated carbocycles. The number of phenolic OH excluding ortho intramolecular Hbond substituents is 1. The fourth-order valence-electron chi connectivity index (χ4n) is 7.33. The van der Waals surface area contributed by atoms with Crippen LogP contribution in [0.3, 0.4) is 0 Å². The molecule has 5 heteroatoms. The van der Waals surface area contributed by atoms with Crippen LogP contribution < -0.4 is 4.74 Å². The van der Waals surface area contributed by atoms with E-state index in [1.165, 1.54) is 16.7 Å². The Hall–Kier alpha value is -2.79. The molecule has 0 unspecified atom stereocenters. The van der Waals surface area contributed by atoms with Gasteiger partial charge in [-0.15, -0.1) is 0 Å². The maximum absolute atomic E-state index is 13.2. The molecule has 6 rings (SSSR count). The normalized spacial score (nSPS) is 31.8. The number of hydrogen-bond donors (Lipinski definition) is 1. The molecule has 2 bridgehead atoms. The Balaban J connectivity index is 1.35. The third kappa shape index (κ3) is 2.91. The largest absolute Gasteiger partial charge is 0.504 e. The predicted octanol–water partition coefficient (Wildman–Crippen LogP) is 3.91. The van der Waals surface area contributed by atoms with Crippen LogP contribution in [-0.2, 0) is 16.6 Å². The van der Waals surface area contributed by atoms with Gasteiger partial charge in [-0.3, -0.25) is 4.79 Å². The lowest BCUT2D eigenvalue weighted by atomic mass is 9.51. The number of aromatic hydroxyl groups is 1. The minimum Gasteiger partial charge on any atom is -0.504 e. The zero-order valence-corrected chi connectivity index (χ0v) is 19.6. The van der Waals surface area contributed by atoms with E-state index in [9.17, 15) is 9.90 Å². The monoisotopic (exact) mass is 444 g/mol. The van der Waals surface area contributed by atoms with E-state index < -0.39 is 0 Å². The molecule has 5 atom stereocenters. The molecule has 172 valence electrons. The Morgan fingerprint density at radius 3 is 2.94 bits per heavy atom. The van der Waals surface area contributed by atoms with Crippen LogP contribution >= 0.6 is 0 Å². The fraction of sp³-hybridized carbons (Fsp3) is 0.464. The van der Waals surface area contributed by atoms with E-state index in [1.54, 1.807) is 12.1 Å². The zero-order valence-electron chi connectivity index (χ0n) is 19.6. The van der Waals surface area contributed by atoms with Crippen LogP contribution in [0.1, 0.15) is 41.5 Å². The van der Waals surface area contributed by atoms with Gasteiger partial charge >= 0.3 is 0 Å². The molecular weight excluding hydrogens is 412 g/mol. The van der Waals surface area contributed by atoms with Gasteiger partial charge < -0.3 is 19.6 Å².